The lowest BCUT2D eigenvalue weighted by molar-refractivity contribution is 0.299. The maximum Gasteiger partial charge on any atom is 0.0266 e. The van der Waals surface area contributed by atoms with Gasteiger partial charge in [-0.2, -0.15) is 0 Å². The third-order valence-corrected chi connectivity index (χ3v) is 5.69. The van der Waals surface area contributed by atoms with Gasteiger partial charge in [0.05, 0.1) is 0 Å². The molecule has 1 aliphatic carbocycles. The molecular weight excluding hydrogens is 266 g/mol. The zero-order chi connectivity index (χ0) is 16.4. The Morgan fingerprint density at radius 2 is 1.50 bits per heavy atom. The molecule has 0 fully saturated rings. The summed E-state index contributed by atoms with van der Waals surface area (Å²) in [7, 11) is 4.33. The van der Waals surface area contributed by atoms with Crippen LogP contribution in [0.1, 0.15) is 58.1 Å². The van der Waals surface area contributed by atoms with E-state index in [0.29, 0.717) is 12.0 Å². The Morgan fingerprint density at radius 3 is 2.05 bits per heavy atom. The molecule has 1 unspecified atom stereocenters. The number of allylic oxidation sites excluding steroid dienone is 4. The van der Waals surface area contributed by atoms with Crippen LogP contribution in [0.25, 0.3) is 0 Å². The first-order valence-electron chi connectivity index (χ1n) is 8.44. The summed E-state index contributed by atoms with van der Waals surface area (Å²) in [4.78, 5) is 2.31. The van der Waals surface area contributed by atoms with Crippen molar-refractivity contribution in [3.05, 3.63) is 57.7 Å². The van der Waals surface area contributed by atoms with Gasteiger partial charge in [-0.15, -0.1) is 0 Å². The lowest BCUT2D eigenvalue weighted by atomic mass is 9.84. The average molecular weight is 297 g/mol. The molecule has 1 aromatic carbocycles. The molecule has 0 spiro atoms. The van der Waals surface area contributed by atoms with E-state index in [4.69, 9.17) is 0 Å². The highest BCUT2D eigenvalue weighted by Gasteiger charge is 2.27. The Kier molecular flexibility index (Phi) is 5.28. The Morgan fingerprint density at radius 1 is 0.955 bits per heavy atom. The van der Waals surface area contributed by atoms with E-state index in [9.17, 15) is 0 Å². The second kappa shape index (κ2) is 6.83. The SMILES string of the molecule is CC1=C(C)C(c2ccccc2CCC(C)N(C)C)C(C)=C1C. The number of hydrogen-bond acceptors (Lipinski definition) is 1. The minimum absolute atomic E-state index is 0.492. The van der Waals surface area contributed by atoms with Gasteiger partial charge in [0.25, 0.3) is 0 Å². The van der Waals surface area contributed by atoms with E-state index in [1.165, 1.54) is 39.8 Å². The van der Waals surface area contributed by atoms with Gasteiger partial charge in [0.1, 0.15) is 0 Å². The first-order chi connectivity index (χ1) is 10.3. The maximum atomic E-state index is 2.33. The number of nitrogens with zero attached hydrogens (tertiary/aromatic N) is 1. The number of rotatable bonds is 5. The molecule has 0 amide bonds. The molecule has 0 aromatic heterocycles. The minimum Gasteiger partial charge on any atom is -0.307 e. The highest BCUT2D eigenvalue weighted by atomic mass is 15.1. The van der Waals surface area contributed by atoms with Crippen LogP contribution in [0.15, 0.2) is 46.6 Å². The standard InChI is InChI=1S/C21H31N/c1-14(22(6)7)12-13-19-10-8-9-11-20(19)21-17(4)15(2)16(3)18(21)5/h8-11,14,21H,12-13H2,1-7H3. The van der Waals surface area contributed by atoms with Gasteiger partial charge in [-0.3, -0.25) is 0 Å². The lowest BCUT2D eigenvalue weighted by Crippen LogP contribution is -2.25. The van der Waals surface area contributed by atoms with Gasteiger partial charge in [0, 0.05) is 12.0 Å². The fourth-order valence-corrected chi connectivity index (χ4v) is 3.48. The predicted octanol–water partition coefficient (Wildman–Crippen LogP) is 5.34. The van der Waals surface area contributed by atoms with Crippen LogP contribution in [0, 0.1) is 0 Å². The van der Waals surface area contributed by atoms with Crippen molar-refractivity contribution in [3.8, 4) is 0 Å². The maximum absolute atomic E-state index is 2.33. The van der Waals surface area contributed by atoms with Crippen molar-refractivity contribution in [1.82, 2.24) is 4.90 Å². The highest BCUT2D eigenvalue weighted by Crippen LogP contribution is 2.44. The van der Waals surface area contributed by atoms with Crippen molar-refractivity contribution >= 4 is 0 Å². The summed E-state index contributed by atoms with van der Waals surface area (Å²) in [6, 6.07) is 9.65. The molecule has 0 saturated carbocycles. The van der Waals surface area contributed by atoms with Crippen LogP contribution >= 0.6 is 0 Å². The van der Waals surface area contributed by atoms with Crippen LogP contribution in [0.2, 0.25) is 0 Å². The summed E-state index contributed by atoms with van der Waals surface area (Å²) in [5.74, 6) is 0.492. The van der Waals surface area contributed by atoms with Crippen LogP contribution in [-0.2, 0) is 6.42 Å². The zero-order valence-electron chi connectivity index (χ0n) is 15.3. The fourth-order valence-electron chi connectivity index (χ4n) is 3.48. The normalized spacial score (nSPS) is 17.8. The van der Waals surface area contributed by atoms with Gasteiger partial charge in [-0.05, 0) is 83.8 Å². The number of aryl methyl sites for hydroxylation is 1. The largest absolute Gasteiger partial charge is 0.307 e. The van der Waals surface area contributed by atoms with E-state index >= 15 is 0 Å². The average Bonchev–Trinajstić information content (AvgIpc) is 2.69. The molecule has 1 atom stereocenters. The third-order valence-electron chi connectivity index (χ3n) is 5.69. The first-order valence-corrected chi connectivity index (χ1v) is 8.44. The Labute approximate surface area is 136 Å². The molecule has 0 heterocycles. The van der Waals surface area contributed by atoms with Crippen molar-refractivity contribution in [2.45, 2.75) is 59.4 Å². The molecule has 1 aliphatic rings. The first kappa shape index (κ1) is 17.0. The zero-order valence-corrected chi connectivity index (χ0v) is 15.3. The fraction of sp³-hybridized carbons (Fsp3) is 0.524. The van der Waals surface area contributed by atoms with E-state index in [0.717, 1.165) is 6.42 Å². The van der Waals surface area contributed by atoms with Crippen LogP contribution < -0.4 is 0 Å². The van der Waals surface area contributed by atoms with Crippen molar-refractivity contribution in [1.29, 1.82) is 0 Å². The molecule has 0 saturated heterocycles. The molecule has 1 heteroatoms. The van der Waals surface area contributed by atoms with E-state index in [1.54, 1.807) is 0 Å². The van der Waals surface area contributed by atoms with Crippen LogP contribution in [0.5, 0.6) is 0 Å². The van der Waals surface area contributed by atoms with E-state index in [2.05, 4.69) is 77.9 Å². The van der Waals surface area contributed by atoms with Crippen LogP contribution in [0.3, 0.4) is 0 Å². The van der Waals surface area contributed by atoms with Crippen molar-refractivity contribution in [2.75, 3.05) is 14.1 Å². The quantitative estimate of drug-likeness (QED) is 0.709. The van der Waals surface area contributed by atoms with Gasteiger partial charge < -0.3 is 4.90 Å². The molecule has 22 heavy (non-hydrogen) atoms. The molecule has 1 nitrogen and oxygen atoms in total. The van der Waals surface area contributed by atoms with Gasteiger partial charge in [0.15, 0.2) is 0 Å². The molecule has 1 aromatic rings. The minimum atomic E-state index is 0.492. The van der Waals surface area contributed by atoms with Crippen LogP contribution in [-0.4, -0.2) is 25.0 Å². The van der Waals surface area contributed by atoms with E-state index < -0.39 is 0 Å². The molecule has 0 N–H and O–H groups in total. The number of hydrogen-bond donors (Lipinski definition) is 0. The monoisotopic (exact) mass is 297 g/mol. The summed E-state index contributed by atoms with van der Waals surface area (Å²) in [5.41, 5.74) is 9.06. The van der Waals surface area contributed by atoms with Crippen molar-refractivity contribution < 1.29 is 0 Å². The molecule has 120 valence electrons. The van der Waals surface area contributed by atoms with Crippen molar-refractivity contribution in [2.24, 2.45) is 0 Å². The molecule has 0 bridgehead atoms. The van der Waals surface area contributed by atoms with Gasteiger partial charge in [0.2, 0.25) is 0 Å². The molecule has 2 rings (SSSR count). The number of benzene rings is 1. The van der Waals surface area contributed by atoms with E-state index in [-0.39, 0.29) is 0 Å². The molecule has 0 radical (unpaired) electrons. The third kappa shape index (κ3) is 3.20. The Bertz CT molecular complexity index is 580. The summed E-state index contributed by atoms with van der Waals surface area (Å²) >= 11 is 0. The summed E-state index contributed by atoms with van der Waals surface area (Å²) in [5, 5.41) is 0. The lowest BCUT2D eigenvalue weighted by Gasteiger charge is -2.23. The summed E-state index contributed by atoms with van der Waals surface area (Å²) in [6.45, 7) is 11.5. The van der Waals surface area contributed by atoms with Crippen molar-refractivity contribution in [3.63, 3.8) is 0 Å². The highest BCUT2D eigenvalue weighted by molar-refractivity contribution is 5.55. The molecular formula is C21H31N. The Hall–Kier alpha value is -1.34. The smallest absolute Gasteiger partial charge is 0.0266 e. The molecule has 0 aliphatic heterocycles. The van der Waals surface area contributed by atoms with E-state index in [1.807, 2.05) is 0 Å². The second-order valence-corrected chi connectivity index (χ2v) is 7.10. The van der Waals surface area contributed by atoms with Gasteiger partial charge in [-0.25, -0.2) is 0 Å². The Balaban J connectivity index is 2.30. The summed E-state index contributed by atoms with van der Waals surface area (Å²) < 4.78 is 0. The topological polar surface area (TPSA) is 3.24 Å². The predicted molar refractivity (Wildman–Crippen MR) is 97.4 cm³/mol. The van der Waals surface area contributed by atoms with Crippen LogP contribution in [0.4, 0.5) is 0 Å². The second-order valence-electron chi connectivity index (χ2n) is 7.10. The van der Waals surface area contributed by atoms with Gasteiger partial charge in [-0.1, -0.05) is 35.4 Å². The summed E-state index contributed by atoms with van der Waals surface area (Å²) in [6.07, 6.45) is 2.37. The van der Waals surface area contributed by atoms with Gasteiger partial charge >= 0.3 is 0 Å².